The topological polar surface area (TPSA) is 48.9 Å². The number of hydrogen-bond acceptors (Lipinski definition) is 3. The molecule has 0 aliphatic rings. The Bertz CT molecular complexity index is 461. The third kappa shape index (κ3) is 10.7. The monoisotopic (exact) mass is 462 g/mol. The van der Waals surface area contributed by atoms with Gasteiger partial charge in [0.15, 0.2) is 5.96 Å². The van der Waals surface area contributed by atoms with Gasteiger partial charge in [0.25, 0.3) is 0 Å². The standard InChI is InChI=1S/C19H34N4O.HI/c1-5-23(6-2)16-18-11-9-17(10-12-18)15-22-19(20-4)21-13-8-14-24-7-3;/h9-12H,5-8,13-16H2,1-4H3,(H2,20,21,22);1H. The Balaban J connectivity index is 0.00000576. The van der Waals surface area contributed by atoms with Gasteiger partial charge in [-0.15, -0.1) is 24.0 Å². The van der Waals surface area contributed by atoms with E-state index in [0.717, 1.165) is 58.3 Å². The van der Waals surface area contributed by atoms with Crippen LogP contribution < -0.4 is 10.6 Å². The Morgan fingerprint density at radius 3 is 2.24 bits per heavy atom. The van der Waals surface area contributed by atoms with Gasteiger partial charge in [0, 0.05) is 39.9 Å². The molecule has 144 valence electrons. The molecule has 0 aliphatic heterocycles. The summed E-state index contributed by atoms with van der Waals surface area (Å²) in [5.74, 6) is 0.832. The van der Waals surface area contributed by atoms with Crippen LogP contribution in [-0.2, 0) is 17.8 Å². The molecule has 0 spiro atoms. The van der Waals surface area contributed by atoms with E-state index in [-0.39, 0.29) is 24.0 Å². The van der Waals surface area contributed by atoms with Crippen LogP contribution in [0, 0.1) is 0 Å². The summed E-state index contributed by atoms with van der Waals surface area (Å²) in [5.41, 5.74) is 2.62. The van der Waals surface area contributed by atoms with E-state index < -0.39 is 0 Å². The van der Waals surface area contributed by atoms with Crippen LogP contribution in [0.3, 0.4) is 0 Å². The molecule has 1 aromatic rings. The molecule has 25 heavy (non-hydrogen) atoms. The number of nitrogens with one attached hydrogen (secondary N) is 2. The Morgan fingerprint density at radius 1 is 1.04 bits per heavy atom. The summed E-state index contributed by atoms with van der Waals surface area (Å²) >= 11 is 0. The van der Waals surface area contributed by atoms with Crippen LogP contribution in [-0.4, -0.2) is 50.8 Å². The van der Waals surface area contributed by atoms with Crippen molar-refractivity contribution in [3.05, 3.63) is 35.4 Å². The van der Waals surface area contributed by atoms with Crippen molar-refractivity contribution in [2.75, 3.05) is 39.9 Å². The van der Waals surface area contributed by atoms with Crippen molar-refractivity contribution in [3.63, 3.8) is 0 Å². The van der Waals surface area contributed by atoms with Crippen molar-refractivity contribution in [3.8, 4) is 0 Å². The number of ether oxygens (including phenoxy) is 1. The highest BCUT2D eigenvalue weighted by molar-refractivity contribution is 14.0. The highest BCUT2D eigenvalue weighted by Crippen LogP contribution is 2.07. The summed E-state index contributed by atoms with van der Waals surface area (Å²) in [4.78, 5) is 6.66. The largest absolute Gasteiger partial charge is 0.382 e. The fourth-order valence-electron chi connectivity index (χ4n) is 2.40. The molecule has 0 atom stereocenters. The number of halogens is 1. The minimum absolute atomic E-state index is 0. The molecule has 1 aromatic carbocycles. The second-order valence-corrected chi connectivity index (χ2v) is 5.68. The molecule has 0 bridgehead atoms. The van der Waals surface area contributed by atoms with Crippen LogP contribution in [0.15, 0.2) is 29.3 Å². The quantitative estimate of drug-likeness (QED) is 0.230. The SMILES string of the molecule is CCOCCCNC(=NC)NCc1ccc(CN(CC)CC)cc1.I. The molecule has 2 N–H and O–H groups in total. The Morgan fingerprint density at radius 2 is 1.68 bits per heavy atom. The van der Waals surface area contributed by atoms with Gasteiger partial charge in [-0.25, -0.2) is 0 Å². The number of rotatable bonds is 11. The minimum atomic E-state index is 0. The van der Waals surface area contributed by atoms with Gasteiger partial charge in [0.1, 0.15) is 0 Å². The number of benzene rings is 1. The normalized spacial score (nSPS) is 11.3. The zero-order valence-electron chi connectivity index (χ0n) is 16.2. The zero-order valence-corrected chi connectivity index (χ0v) is 18.5. The van der Waals surface area contributed by atoms with Crippen LogP contribution >= 0.6 is 24.0 Å². The van der Waals surface area contributed by atoms with Gasteiger partial charge in [-0.05, 0) is 37.6 Å². The number of guanidine groups is 1. The van der Waals surface area contributed by atoms with E-state index in [1.165, 1.54) is 11.1 Å². The van der Waals surface area contributed by atoms with Gasteiger partial charge >= 0.3 is 0 Å². The average molecular weight is 462 g/mol. The second-order valence-electron chi connectivity index (χ2n) is 5.68. The molecule has 5 nitrogen and oxygen atoms in total. The fraction of sp³-hybridized carbons (Fsp3) is 0.632. The lowest BCUT2D eigenvalue weighted by Gasteiger charge is -2.18. The summed E-state index contributed by atoms with van der Waals surface area (Å²) < 4.78 is 5.33. The maximum absolute atomic E-state index is 5.33. The highest BCUT2D eigenvalue weighted by atomic mass is 127. The molecule has 0 fully saturated rings. The second kappa shape index (κ2) is 15.4. The molecule has 6 heteroatoms. The molecule has 0 aliphatic carbocycles. The molecule has 0 amide bonds. The van der Waals surface area contributed by atoms with Gasteiger partial charge in [-0.3, -0.25) is 9.89 Å². The maximum atomic E-state index is 5.33. The molecule has 0 unspecified atom stereocenters. The van der Waals surface area contributed by atoms with Crippen molar-refractivity contribution in [1.29, 1.82) is 0 Å². The molecular weight excluding hydrogens is 427 g/mol. The van der Waals surface area contributed by atoms with E-state index in [2.05, 4.69) is 58.6 Å². The Labute approximate surface area is 170 Å². The van der Waals surface area contributed by atoms with Crippen molar-refractivity contribution in [2.45, 2.75) is 40.3 Å². The van der Waals surface area contributed by atoms with Gasteiger partial charge in [0.05, 0.1) is 0 Å². The number of aliphatic imine (C=N–C) groups is 1. The summed E-state index contributed by atoms with van der Waals surface area (Å²) in [5, 5.41) is 6.65. The zero-order chi connectivity index (χ0) is 17.6. The smallest absolute Gasteiger partial charge is 0.191 e. The predicted octanol–water partition coefficient (Wildman–Crippen LogP) is 3.24. The van der Waals surface area contributed by atoms with E-state index in [0.29, 0.717) is 0 Å². The summed E-state index contributed by atoms with van der Waals surface area (Å²) in [6.07, 6.45) is 0.981. The van der Waals surface area contributed by atoms with E-state index in [4.69, 9.17) is 4.74 Å². The first-order valence-corrected chi connectivity index (χ1v) is 9.05. The van der Waals surface area contributed by atoms with Gasteiger partial charge in [0.2, 0.25) is 0 Å². The molecule has 0 aromatic heterocycles. The van der Waals surface area contributed by atoms with Crippen molar-refractivity contribution in [1.82, 2.24) is 15.5 Å². The van der Waals surface area contributed by atoms with Gasteiger partial charge in [-0.1, -0.05) is 38.1 Å². The average Bonchev–Trinajstić information content (AvgIpc) is 2.63. The fourth-order valence-corrected chi connectivity index (χ4v) is 2.40. The van der Waals surface area contributed by atoms with E-state index in [1.54, 1.807) is 7.05 Å². The van der Waals surface area contributed by atoms with Crippen molar-refractivity contribution in [2.24, 2.45) is 4.99 Å². The van der Waals surface area contributed by atoms with Crippen molar-refractivity contribution < 1.29 is 4.74 Å². The summed E-state index contributed by atoms with van der Waals surface area (Å²) in [6, 6.07) is 8.81. The van der Waals surface area contributed by atoms with Crippen LogP contribution in [0.2, 0.25) is 0 Å². The van der Waals surface area contributed by atoms with Gasteiger partial charge < -0.3 is 15.4 Å². The third-order valence-electron chi connectivity index (χ3n) is 3.97. The lowest BCUT2D eigenvalue weighted by Crippen LogP contribution is -2.37. The first-order valence-electron chi connectivity index (χ1n) is 9.05. The maximum Gasteiger partial charge on any atom is 0.191 e. The van der Waals surface area contributed by atoms with Crippen LogP contribution in [0.1, 0.15) is 38.3 Å². The molecule has 1 rings (SSSR count). The molecule has 0 saturated carbocycles. The minimum Gasteiger partial charge on any atom is -0.382 e. The predicted molar refractivity (Wildman–Crippen MR) is 118 cm³/mol. The van der Waals surface area contributed by atoms with Gasteiger partial charge in [-0.2, -0.15) is 0 Å². The summed E-state index contributed by atoms with van der Waals surface area (Å²) in [7, 11) is 1.80. The molecular formula is C19H35IN4O. The van der Waals surface area contributed by atoms with E-state index >= 15 is 0 Å². The number of nitrogens with zero attached hydrogens (tertiary/aromatic N) is 2. The van der Waals surface area contributed by atoms with Crippen LogP contribution in [0.25, 0.3) is 0 Å². The molecule has 0 saturated heterocycles. The first-order chi connectivity index (χ1) is 11.7. The first kappa shape index (κ1) is 24.1. The number of hydrogen-bond donors (Lipinski definition) is 2. The lowest BCUT2D eigenvalue weighted by molar-refractivity contribution is 0.145. The van der Waals surface area contributed by atoms with Crippen molar-refractivity contribution >= 4 is 29.9 Å². The molecule has 0 radical (unpaired) electrons. The Hall–Kier alpha value is -0.860. The van der Waals surface area contributed by atoms with Crippen LogP contribution in [0.4, 0.5) is 0 Å². The third-order valence-corrected chi connectivity index (χ3v) is 3.97. The van der Waals surface area contributed by atoms with Crippen LogP contribution in [0.5, 0.6) is 0 Å². The van der Waals surface area contributed by atoms with E-state index in [1.807, 2.05) is 6.92 Å². The Kier molecular flexibility index (Phi) is 14.9. The molecule has 0 heterocycles. The van der Waals surface area contributed by atoms with E-state index in [9.17, 15) is 0 Å². The highest BCUT2D eigenvalue weighted by Gasteiger charge is 2.02. The lowest BCUT2D eigenvalue weighted by atomic mass is 10.1. The summed E-state index contributed by atoms with van der Waals surface area (Å²) in [6.45, 7) is 12.8.